The van der Waals surface area contributed by atoms with Gasteiger partial charge in [-0.25, -0.2) is 0 Å². The lowest BCUT2D eigenvalue weighted by Crippen LogP contribution is -2.35. The molecule has 0 radical (unpaired) electrons. The van der Waals surface area contributed by atoms with Gasteiger partial charge in [0.25, 0.3) is 0 Å². The smallest absolute Gasteiger partial charge is 0.361 e. The Labute approximate surface area is 129 Å². The van der Waals surface area contributed by atoms with E-state index in [1.54, 1.807) is 19.1 Å². The van der Waals surface area contributed by atoms with Gasteiger partial charge >= 0.3 is 6.18 Å². The molecule has 0 amide bonds. The van der Waals surface area contributed by atoms with Crippen molar-refractivity contribution in [2.75, 3.05) is 24.5 Å². The van der Waals surface area contributed by atoms with E-state index in [1.807, 2.05) is 6.07 Å². The topological polar surface area (TPSA) is 15.3 Å². The summed E-state index contributed by atoms with van der Waals surface area (Å²) in [5.74, 6) is 0.477. The highest BCUT2D eigenvalue weighted by Gasteiger charge is 2.31. The summed E-state index contributed by atoms with van der Waals surface area (Å²) in [4.78, 5) is 1.27. The average molecular weight is 323 g/mol. The standard InChI is InChI=1S/C15H22ClF3N2/c1-4-21(10-15(17,18)19)14-12(6-5-7-13(14)16)9-20-8-11(2)3/h5-7,11,20H,4,8-10H2,1-3H3. The van der Waals surface area contributed by atoms with Gasteiger partial charge in [0.2, 0.25) is 0 Å². The average Bonchev–Trinajstić information content (AvgIpc) is 2.35. The summed E-state index contributed by atoms with van der Waals surface area (Å²) >= 11 is 6.14. The van der Waals surface area contributed by atoms with Crippen molar-refractivity contribution in [3.63, 3.8) is 0 Å². The first kappa shape index (κ1) is 18.1. The maximum atomic E-state index is 12.7. The zero-order chi connectivity index (χ0) is 16.0. The number of benzene rings is 1. The Kier molecular flexibility index (Phi) is 6.81. The molecule has 0 atom stereocenters. The number of nitrogens with one attached hydrogen (secondary N) is 1. The van der Waals surface area contributed by atoms with E-state index in [9.17, 15) is 13.2 Å². The summed E-state index contributed by atoms with van der Waals surface area (Å²) in [6.07, 6.45) is -4.25. The summed E-state index contributed by atoms with van der Waals surface area (Å²) in [6, 6.07) is 5.20. The Balaban J connectivity index is 2.97. The zero-order valence-corrected chi connectivity index (χ0v) is 13.4. The van der Waals surface area contributed by atoms with E-state index < -0.39 is 12.7 Å². The first-order chi connectivity index (χ1) is 9.74. The third-order valence-electron chi connectivity index (χ3n) is 3.01. The second-order valence-electron chi connectivity index (χ2n) is 5.40. The SMILES string of the molecule is CCN(CC(F)(F)F)c1c(Cl)cccc1CNCC(C)C. The maximum Gasteiger partial charge on any atom is 0.405 e. The van der Waals surface area contributed by atoms with E-state index in [0.29, 0.717) is 23.2 Å². The van der Waals surface area contributed by atoms with Crippen LogP contribution in [0.5, 0.6) is 0 Å². The fraction of sp³-hybridized carbons (Fsp3) is 0.600. The molecular formula is C15H22ClF3N2. The first-order valence-electron chi connectivity index (χ1n) is 7.04. The number of alkyl halides is 3. The Morgan fingerprint density at radius 3 is 2.48 bits per heavy atom. The van der Waals surface area contributed by atoms with Crippen LogP contribution in [0.2, 0.25) is 5.02 Å². The number of nitrogens with zero attached hydrogens (tertiary/aromatic N) is 1. The Morgan fingerprint density at radius 1 is 1.29 bits per heavy atom. The van der Waals surface area contributed by atoms with E-state index in [-0.39, 0.29) is 6.54 Å². The molecule has 0 aromatic heterocycles. The molecule has 0 bridgehead atoms. The molecular weight excluding hydrogens is 301 g/mol. The summed E-state index contributed by atoms with van der Waals surface area (Å²) in [5.41, 5.74) is 1.25. The molecule has 0 heterocycles. The first-order valence-corrected chi connectivity index (χ1v) is 7.42. The van der Waals surface area contributed by atoms with Crippen molar-refractivity contribution < 1.29 is 13.2 Å². The second kappa shape index (κ2) is 7.90. The molecule has 0 spiro atoms. The van der Waals surface area contributed by atoms with E-state index in [2.05, 4.69) is 19.2 Å². The molecule has 1 rings (SSSR count). The lowest BCUT2D eigenvalue weighted by molar-refractivity contribution is -0.119. The molecule has 1 aromatic carbocycles. The highest BCUT2D eigenvalue weighted by Crippen LogP contribution is 2.32. The van der Waals surface area contributed by atoms with Crippen LogP contribution in [0.25, 0.3) is 0 Å². The summed E-state index contributed by atoms with van der Waals surface area (Å²) in [5, 5.41) is 3.60. The minimum Gasteiger partial charge on any atom is -0.361 e. The number of anilines is 1. The van der Waals surface area contributed by atoms with Crippen LogP contribution in [0.15, 0.2) is 18.2 Å². The molecule has 0 saturated carbocycles. The lowest BCUT2D eigenvalue weighted by atomic mass is 10.1. The fourth-order valence-corrected chi connectivity index (χ4v) is 2.43. The fourth-order valence-electron chi connectivity index (χ4n) is 2.12. The largest absolute Gasteiger partial charge is 0.405 e. The van der Waals surface area contributed by atoms with Crippen LogP contribution in [0.3, 0.4) is 0 Å². The van der Waals surface area contributed by atoms with Crippen molar-refractivity contribution in [1.82, 2.24) is 5.32 Å². The molecule has 0 saturated heterocycles. The molecule has 1 N–H and O–H groups in total. The lowest BCUT2D eigenvalue weighted by Gasteiger charge is -2.28. The van der Waals surface area contributed by atoms with Crippen molar-refractivity contribution >= 4 is 17.3 Å². The van der Waals surface area contributed by atoms with E-state index >= 15 is 0 Å². The minimum absolute atomic E-state index is 0.250. The molecule has 0 aliphatic heterocycles. The summed E-state index contributed by atoms with van der Waals surface area (Å²) in [6.45, 7) is 6.41. The van der Waals surface area contributed by atoms with Crippen molar-refractivity contribution in [3.05, 3.63) is 28.8 Å². The molecule has 0 unspecified atom stereocenters. The number of hydrogen-bond donors (Lipinski definition) is 1. The van der Waals surface area contributed by atoms with Crippen molar-refractivity contribution in [2.24, 2.45) is 5.92 Å². The van der Waals surface area contributed by atoms with E-state index in [0.717, 1.165) is 12.1 Å². The highest BCUT2D eigenvalue weighted by molar-refractivity contribution is 6.33. The monoisotopic (exact) mass is 322 g/mol. The highest BCUT2D eigenvalue weighted by atomic mass is 35.5. The predicted octanol–water partition coefficient (Wildman–Crippen LogP) is 4.47. The van der Waals surface area contributed by atoms with Crippen LogP contribution in [0.4, 0.5) is 18.9 Å². The van der Waals surface area contributed by atoms with Crippen molar-refractivity contribution in [1.29, 1.82) is 0 Å². The van der Waals surface area contributed by atoms with Gasteiger partial charge in [-0.05, 0) is 31.0 Å². The minimum atomic E-state index is -4.25. The molecule has 0 aliphatic rings. The number of para-hydroxylation sites is 1. The van der Waals surface area contributed by atoms with Crippen LogP contribution in [-0.2, 0) is 6.54 Å². The summed E-state index contributed by atoms with van der Waals surface area (Å²) < 4.78 is 38.1. The van der Waals surface area contributed by atoms with Gasteiger partial charge in [0.1, 0.15) is 6.54 Å². The predicted molar refractivity (Wildman–Crippen MR) is 81.9 cm³/mol. The van der Waals surface area contributed by atoms with Gasteiger partial charge in [0.15, 0.2) is 0 Å². The van der Waals surface area contributed by atoms with Crippen LogP contribution in [0, 0.1) is 5.92 Å². The van der Waals surface area contributed by atoms with Crippen molar-refractivity contribution in [3.8, 4) is 0 Å². The van der Waals surface area contributed by atoms with Gasteiger partial charge < -0.3 is 10.2 Å². The Morgan fingerprint density at radius 2 is 1.95 bits per heavy atom. The van der Waals surface area contributed by atoms with Gasteiger partial charge in [-0.3, -0.25) is 0 Å². The third-order valence-corrected chi connectivity index (χ3v) is 3.31. The zero-order valence-electron chi connectivity index (χ0n) is 12.6. The third kappa shape index (κ3) is 6.14. The molecule has 0 fully saturated rings. The van der Waals surface area contributed by atoms with Crippen molar-refractivity contribution in [2.45, 2.75) is 33.5 Å². The molecule has 1 aromatic rings. The van der Waals surface area contributed by atoms with Crippen LogP contribution in [0.1, 0.15) is 26.3 Å². The number of hydrogen-bond acceptors (Lipinski definition) is 2. The molecule has 21 heavy (non-hydrogen) atoms. The Bertz CT molecular complexity index is 447. The van der Waals surface area contributed by atoms with Gasteiger partial charge in [-0.1, -0.05) is 37.6 Å². The van der Waals surface area contributed by atoms with Gasteiger partial charge in [0.05, 0.1) is 10.7 Å². The maximum absolute atomic E-state index is 12.7. The quantitative estimate of drug-likeness (QED) is 0.796. The van der Waals surface area contributed by atoms with Gasteiger partial charge in [-0.2, -0.15) is 13.2 Å². The number of halogens is 4. The van der Waals surface area contributed by atoms with Crippen LogP contribution in [-0.4, -0.2) is 25.8 Å². The molecule has 0 aliphatic carbocycles. The molecule has 2 nitrogen and oxygen atoms in total. The summed E-state index contributed by atoms with van der Waals surface area (Å²) in [7, 11) is 0. The second-order valence-corrected chi connectivity index (χ2v) is 5.81. The van der Waals surface area contributed by atoms with E-state index in [4.69, 9.17) is 11.6 Å². The van der Waals surface area contributed by atoms with Gasteiger partial charge in [0, 0.05) is 13.1 Å². The number of rotatable bonds is 7. The van der Waals surface area contributed by atoms with Crippen LogP contribution >= 0.6 is 11.6 Å². The molecule has 6 heteroatoms. The Hall–Kier alpha value is -0.940. The molecule has 120 valence electrons. The normalized spacial score (nSPS) is 12.0. The van der Waals surface area contributed by atoms with Crippen LogP contribution < -0.4 is 10.2 Å². The van der Waals surface area contributed by atoms with Gasteiger partial charge in [-0.15, -0.1) is 0 Å². The van der Waals surface area contributed by atoms with E-state index in [1.165, 1.54) is 4.90 Å².